The summed E-state index contributed by atoms with van der Waals surface area (Å²) in [6, 6.07) is 77.8. The van der Waals surface area contributed by atoms with Gasteiger partial charge in [-0.1, -0.05) is 188 Å². The van der Waals surface area contributed by atoms with Gasteiger partial charge in [-0.15, -0.1) is 0 Å². The molecule has 0 aliphatic rings. The molecule has 0 radical (unpaired) electrons. The minimum Gasteiger partial charge on any atom is -0.247 e. The molecule has 12 aromatic rings. The lowest BCUT2D eigenvalue weighted by Crippen LogP contribution is -1.92. The highest BCUT2D eigenvalue weighted by molar-refractivity contribution is 6.24. The molecule has 0 spiro atoms. The largest absolute Gasteiger partial charge is 0.247 e. The van der Waals surface area contributed by atoms with Gasteiger partial charge in [-0.3, -0.25) is 0 Å². The average Bonchev–Trinajstić information content (AvgIpc) is 3.30. The van der Waals surface area contributed by atoms with Gasteiger partial charge in [0, 0.05) is 21.7 Å². The second-order valence-corrected chi connectivity index (χ2v) is 15.4. The lowest BCUT2D eigenvalue weighted by Gasteiger charge is -2.19. The zero-order chi connectivity index (χ0) is 38.2. The molecule has 1 heteroatoms. The first kappa shape index (κ1) is 32.6. The van der Waals surface area contributed by atoms with Crippen LogP contribution in [0.5, 0.6) is 0 Å². The van der Waals surface area contributed by atoms with Crippen molar-refractivity contribution < 1.29 is 0 Å². The number of rotatable bonds is 4. The zero-order valence-corrected chi connectivity index (χ0v) is 31.7. The number of pyridine rings is 1. The number of benzene rings is 11. The molecule has 0 saturated heterocycles. The van der Waals surface area contributed by atoms with E-state index in [1.165, 1.54) is 103 Å². The maximum atomic E-state index is 5.28. The number of hydrogen-bond donors (Lipinski definition) is 0. The van der Waals surface area contributed by atoms with E-state index in [0.29, 0.717) is 0 Å². The number of aromatic nitrogens is 1. The first-order chi connectivity index (χ1) is 28.7. The summed E-state index contributed by atoms with van der Waals surface area (Å²) in [5, 5.41) is 16.1. The number of para-hydroxylation sites is 1. The van der Waals surface area contributed by atoms with Gasteiger partial charge in [0.25, 0.3) is 0 Å². The summed E-state index contributed by atoms with van der Waals surface area (Å²) in [5.41, 5.74) is 10.5. The van der Waals surface area contributed by atoms with Crippen LogP contribution in [-0.2, 0) is 0 Å². The summed E-state index contributed by atoms with van der Waals surface area (Å²) in [4.78, 5) is 5.28. The van der Waals surface area contributed by atoms with Crippen LogP contribution in [0.15, 0.2) is 212 Å². The third-order valence-corrected chi connectivity index (χ3v) is 12.2. The van der Waals surface area contributed by atoms with Crippen molar-refractivity contribution in [2.75, 3.05) is 0 Å². The van der Waals surface area contributed by atoms with Gasteiger partial charge in [0.1, 0.15) is 0 Å². The summed E-state index contributed by atoms with van der Waals surface area (Å²) < 4.78 is 0. The maximum Gasteiger partial charge on any atom is 0.0788 e. The van der Waals surface area contributed by atoms with Crippen LogP contribution in [0.25, 0.3) is 120 Å². The molecule has 1 nitrogen and oxygen atoms in total. The fourth-order valence-corrected chi connectivity index (χ4v) is 9.43. The Morgan fingerprint density at radius 3 is 1.36 bits per heavy atom. The minimum absolute atomic E-state index is 1.01. The molecule has 58 heavy (non-hydrogen) atoms. The standard InChI is InChI=1S/C57H35N/c1-3-14-41-33-44(27-23-36(41)11-1)54-47-17-7-8-18-48(47)55(45-28-24-37-12-2-4-15-42(37)34-45)52-35-43(30-31-49(52)54)38-21-25-40(26-22-38)57-51-32-29-39-13-5-6-16-46(39)56(51)50-19-9-10-20-53(50)58-57/h1-35H. The van der Waals surface area contributed by atoms with Crippen molar-refractivity contribution in [1.29, 1.82) is 0 Å². The topological polar surface area (TPSA) is 12.9 Å². The highest BCUT2D eigenvalue weighted by atomic mass is 14.7. The van der Waals surface area contributed by atoms with E-state index in [1.807, 2.05) is 0 Å². The monoisotopic (exact) mass is 733 g/mol. The molecule has 0 saturated carbocycles. The van der Waals surface area contributed by atoms with Crippen LogP contribution in [0.4, 0.5) is 0 Å². The fourth-order valence-electron chi connectivity index (χ4n) is 9.43. The zero-order valence-electron chi connectivity index (χ0n) is 31.7. The number of hydrogen-bond acceptors (Lipinski definition) is 1. The Morgan fingerprint density at radius 2 is 0.690 bits per heavy atom. The van der Waals surface area contributed by atoms with Crippen LogP contribution in [0.2, 0.25) is 0 Å². The maximum absolute atomic E-state index is 5.28. The van der Waals surface area contributed by atoms with Gasteiger partial charge in [0.15, 0.2) is 0 Å². The molecular formula is C57H35N. The number of fused-ring (bicyclic) bond motifs is 9. The van der Waals surface area contributed by atoms with Crippen LogP contribution >= 0.6 is 0 Å². The Balaban J connectivity index is 1.07. The van der Waals surface area contributed by atoms with Crippen molar-refractivity contribution >= 4 is 75.5 Å². The summed E-state index contributed by atoms with van der Waals surface area (Å²) in [5.74, 6) is 0. The van der Waals surface area contributed by atoms with Crippen molar-refractivity contribution in [1.82, 2.24) is 4.98 Å². The van der Waals surface area contributed by atoms with Gasteiger partial charge < -0.3 is 0 Å². The van der Waals surface area contributed by atoms with Crippen molar-refractivity contribution in [3.8, 4) is 44.6 Å². The Bertz CT molecular complexity index is 3600. The van der Waals surface area contributed by atoms with Crippen molar-refractivity contribution in [3.05, 3.63) is 212 Å². The Kier molecular flexibility index (Phi) is 7.30. The van der Waals surface area contributed by atoms with Crippen molar-refractivity contribution in [3.63, 3.8) is 0 Å². The SMILES string of the molecule is c1ccc2cc(-c3c4ccccc4c(-c4ccc5ccccc5c4)c4cc(-c5ccc(-c6nc7ccccc7c7c6ccc6ccccc67)cc5)ccc34)ccc2c1. The molecule has 12 rings (SSSR count). The lowest BCUT2D eigenvalue weighted by atomic mass is 9.84. The molecule has 0 atom stereocenters. The second-order valence-electron chi connectivity index (χ2n) is 15.4. The lowest BCUT2D eigenvalue weighted by molar-refractivity contribution is 1.43. The van der Waals surface area contributed by atoms with E-state index in [2.05, 4.69) is 212 Å². The first-order valence-electron chi connectivity index (χ1n) is 20.0. The highest BCUT2D eigenvalue weighted by Crippen LogP contribution is 2.46. The molecule has 0 aliphatic heterocycles. The van der Waals surface area contributed by atoms with Crippen LogP contribution < -0.4 is 0 Å². The van der Waals surface area contributed by atoms with Gasteiger partial charge in [-0.2, -0.15) is 0 Å². The van der Waals surface area contributed by atoms with Crippen LogP contribution in [-0.4, -0.2) is 4.98 Å². The summed E-state index contributed by atoms with van der Waals surface area (Å²) in [6.45, 7) is 0. The van der Waals surface area contributed by atoms with E-state index >= 15 is 0 Å². The quantitative estimate of drug-likeness (QED) is 0.130. The molecule has 0 fully saturated rings. The predicted molar refractivity (Wildman–Crippen MR) is 249 cm³/mol. The number of nitrogens with zero attached hydrogens (tertiary/aromatic N) is 1. The fraction of sp³-hybridized carbons (Fsp3) is 0. The predicted octanol–water partition coefficient (Wildman–Crippen LogP) is 15.8. The van der Waals surface area contributed by atoms with Gasteiger partial charge >= 0.3 is 0 Å². The molecular weight excluding hydrogens is 699 g/mol. The highest BCUT2D eigenvalue weighted by Gasteiger charge is 2.19. The van der Waals surface area contributed by atoms with E-state index in [4.69, 9.17) is 4.98 Å². The molecule has 268 valence electrons. The van der Waals surface area contributed by atoms with Gasteiger partial charge in [0.05, 0.1) is 11.2 Å². The Hall–Kier alpha value is -7.61. The van der Waals surface area contributed by atoms with E-state index in [-0.39, 0.29) is 0 Å². The molecule has 1 heterocycles. The van der Waals surface area contributed by atoms with Crippen LogP contribution in [0.1, 0.15) is 0 Å². The molecule has 0 N–H and O–H groups in total. The summed E-state index contributed by atoms with van der Waals surface area (Å²) in [7, 11) is 0. The van der Waals surface area contributed by atoms with E-state index in [9.17, 15) is 0 Å². The van der Waals surface area contributed by atoms with E-state index in [0.717, 1.165) is 16.8 Å². The van der Waals surface area contributed by atoms with Crippen molar-refractivity contribution in [2.24, 2.45) is 0 Å². The smallest absolute Gasteiger partial charge is 0.0788 e. The van der Waals surface area contributed by atoms with Gasteiger partial charge in [-0.05, 0) is 112 Å². The van der Waals surface area contributed by atoms with Crippen molar-refractivity contribution in [2.45, 2.75) is 0 Å². The van der Waals surface area contributed by atoms with Crippen LogP contribution in [0, 0.1) is 0 Å². The molecule has 0 aliphatic carbocycles. The average molecular weight is 734 g/mol. The van der Waals surface area contributed by atoms with Crippen LogP contribution in [0.3, 0.4) is 0 Å². The third-order valence-electron chi connectivity index (χ3n) is 12.2. The Labute approximate surface area is 336 Å². The molecule has 11 aromatic carbocycles. The normalized spacial score (nSPS) is 11.8. The van der Waals surface area contributed by atoms with E-state index in [1.54, 1.807) is 0 Å². The molecule has 0 unspecified atom stereocenters. The molecule has 0 bridgehead atoms. The summed E-state index contributed by atoms with van der Waals surface area (Å²) >= 11 is 0. The third kappa shape index (κ3) is 5.14. The first-order valence-corrected chi connectivity index (χ1v) is 20.0. The second kappa shape index (κ2) is 13.0. The molecule has 1 aromatic heterocycles. The van der Waals surface area contributed by atoms with Gasteiger partial charge in [-0.25, -0.2) is 4.98 Å². The molecule has 0 amide bonds. The summed E-state index contributed by atoms with van der Waals surface area (Å²) in [6.07, 6.45) is 0. The Morgan fingerprint density at radius 1 is 0.241 bits per heavy atom. The van der Waals surface area contributed by atoms with E-state index < -0.39 is 0 Å². The van der Waals surface area contributed by atoms with Gasteiger partial charge in [0.2, 0.25) is 0 Å². The minimum atomic E-state index is 1.01.